The van der Waals surface area contributed by atoms with Crippen LogP contribution in [-0.2, 0) is 7.05 Å². The van der Waals surface area contributed by atoms with E-state index in [2.05, 4.69) is 20.8 Å². The number of rotatable bonds is 2. The van der Waals surface area contributed by atoms with E-state index in [0.29, 0.717) is 5.69 Å². The molecule has 0 radical (unpaired) electrons. The summed E-state index contributed by atoms with van der Waals surface area (Å²) in [5.41, 5.74) is 0.374. The Labute approximate surface area is 81.7 Å². The van der Waals surface area contributed by atoms with Crippen LogP contribution in [0.15, 0.2) is 6.20 Å². The van der Waals surface area contributed by atoms with Crippen molar-refractivity contribution in [2.45, 2.75) is 12.5 Å². The average Bonchev–Trinajstić information content (AvgIpc) is 2.75. The lowest BCUT2D eigenvalue weighted by Gasteiger charge is -2.08. The molecule has 14 heavy (non-hydrogen) atoms. The number of hydrogen-bond acceptors (Lipinski definition) is 4. The third kappa shape index (κ3) is 1.90. The highest BCUT2D eigenvalue weighted by Gasteiger charge is 2.18. The van der Waals surface area contributed by atoms with E-state index in [-0.39, 0.29) is 11.9 Å². The van der Waals surface area contributed by atoms with Gasteiger partial charge in [-0.2, -0.15) is 9.90 Å². The Bertz CT molecular complexity index is 328. The van der Waals surface area contributed by atoms with Crippen LogP contribution in [0.2, 0.25) is 0 Å². The molecule has 2 N–H and O–H groups in total. The minimum Gasteiger partial charge on any atom is -0.347 e. The van der Waals surface area contributed by atoms with E-state index in [1.165, 1.54) is 11.0 Å². The maximum atomic E-state index is 11.6. The average molecular weight is 195 g/mol. The molecule has 1 aromatic heterocycles. The second-order valence-corrected chi connectivity index (χ2v) is 3.38. The van der Waals surface area contributed by atoms with Crippen LogP contribution in [0.1, 0.15) is 16.9 Å². The summed E-state index contributed by atoms with van der Waals surface area (Å²) in [6, 6.07) is 0.226. The maximum absolute atomic E-state index is 11.6. The Kier molecular flexibility index (Phi) is 2.45. The minimum absolute atomic E-state index is 0.146. The number of carbonyl (C=O) groups excluding carboxylic acids is 1. The zero-order valence-electron chi connectivity index (χ0n) is 8.03. The molecule has 1 aliphatic heterocycles. The first kappa shape index (κ1) is 9.14. The van der Waals surface area contributed by atoms with Crippen molar-refractivity contribution in [1.82, 2.24) is 25.6 Å². The second-order valence-electron chi connectivity index (χ2n) is 3.38. The maximum Gasteiger partial charge on any atom is 0.273 e. The molecule has 6 heteroatoms. The molecule has 76 valence electrons. The number of aryl methyl sites for hydroxylation is 1. The molecular formula is C8H13N5O. The predicted molar refractivity (Wildman–Crippen MR) is 49.7 cm³/mol. The molecule has 1 amide bonds. The van der Waals surface area contributed by atoms with Crippen molar-refractivity contribution >= 4 is 5.91 Å². The highest BCUT2D eigenvalue weighted by Crippen LogP contribution is 1.99. The summed E-state index contributed by atoms with van der Waals surface area (Å²) in [6.07, 6.45) is 2.45. The Morgan fingerprint density at radius 2 is 2.64 bits per heavy atom. The van der Waals surface area contributed by atoms with Crippen LogP contribution >= 0.6 is 0 Å². The summed E-state index contributed by atoms with van der Waals surface area (Å²) in [5.74, 6) is -0.146. The van der Waals surface area contributed by atoms with E-state index < -0.39 is 0 Å². The number of aromatic nitrogens is 3. The Hall–Kier alpha value is -1.43. The number of amides is 1. The molecule has 1 saturated heterocycles. The molecule has 1 aromatic rings. The van der Waals surface area contributed by atoms with Crippen LogP contribution in [0.5, 0.6) is 0 Å². The second kappa shape index (κ2) is 3.75. The van der Waals surface area contributed by atoms with Gasteiger partial charge in [-0.25, -0.2) is 0 Å². The summed E-state index contributed by atoms with van der Waals surface area (Å²) in [6.45, 7) is 1.80. The predicted octanol–water partition coefficient (Wildman–Crippen LogP) is -1.09. The van der Waals surface area contributed by atoms with E-state index in [9.17, 15) is 4.79 Å². The van der Waals surface area contributed by atoms with Gasteiger partial charge in [0.25, 0.3) is 5.91 Å². The summed E-state index contributed by atoms with van der Waals surface area (Å²) in [4.78, 5) is 12.9. The van der Waals surface area contributed by atoms with Gasteiger partial charge < -0.3 is 10.6 Å². The van der Waals surface area contributed by atoms with Gasteiger partial charge in [0.2, 0.25) is 0 Å². The molecule has 1 fully saturated rings. The molecule has 2 heterocycles. The van der Waals surface area contributed by atoms with Crippen LogP contribution in [0.25, 0.3) is 0 Å². The number of nitrogens with zero attached hydrogens (tertiary/aromatic N) is 3. The highest BCUT2D eigenvalue weighted by molar-refractivity contribution is 5.92. The number of nitrogens with one attached hydrogen (secondary N) is 2. The molecule has 0 bridgehead atoms. The monoisotopic (exact) mass is 195 g/mol. The molecular weight excluding hydrogens is 182 g/mol. The van der Waals surface area contributed by atoms with Gasteiger partial charge in [-0.05, 0) is 13.0 Å². The van der Waals surface area contributed by atoms with Gasteiger partial charge in [0.15, 0.2) is 5.69 Å². The Morgan fingerprint density at radius 1 is 1.79 bits per heavy atom. The van der Waals surface area contributed by atoms with E-state index in [0.717, 1.165) is 19.5 Å². The van der Waals surface area contributed by atoms with Gasteiger partial charge in [-0.15, -0.1) is 5.10 Å². The van der Waals surface area contributed by atoms with Gasteiger partial charge in [0.05, 0.1) is 6.20 Å². The standard InChI is InChI=1S/C8H13N5O/c1-13-10-5-7(12-13)8(14)11-6-2-3-9-4-6/h5-6,9H,2-4H2,1H3,(H,11,14)/t6-/m1/s1. The number of carbonyl (C=O) groups is 1. The molecule has 0 aromatic carbocycles. The minimum atomic E-state index is -0.146. The van der Waals surface area contributed by atoms with Crippen molar-refractivity contribution in [3.63, 3.8) is 0 Å². The van der Waals surface area contributed by atoms with Crippen molar-refractivity contribution in [1.29, 1.82) is 0 Å². The van der Waals surface area contributed by atoms with Gasteiger partial charge in [-0.3, -0.25) is 4.79 Å². The van der Waals surface area contributed by atoms with Crippen molar-refractivity contribution in [2.75, 3.05) is 13.1 Å². The summed E-state index contributed by atoms with van der Waals surface area (Å²) in [5, 5.41) is 13.8. The smallest absolute Gasteiger partial charge is 0.273 e. The zero-order valence-corrected chi connectivity index (χ0v) is 8.03. The third-order valence-corrected chi connectivity index (χ3v) is 2.23. The largest absolute Gasteiger partial charge is 0.347 e. The normalized spacial score (nSPS) is 21.1. The van der Waals surface area contributed by atoms with E-state index in [1.54, 1.807) is 7.05 Å². The lowest BCUT2D eigenvalue weighted by Crippen LogP contribution is -2.36. The van der Waals surface area contributed by atoms with E-state index in [4.69, 9.17) is 0 Å². The van der Waals surface area contributed by atoms with Crippen molar-refractivity contribution < 1.29 is 4.79 Å². The van der Waals surface area contributed by atoms with Gasteiger partial charge in [0, 0.05) is 19.6 Å². The van der Waals surface area contributed by atoms with Crippen LogP contribution in [0, 0.1) is 0 Å². The zero-order chi connectivity index (χ0) is 9.97. The quantitative estimate of drug-likeness (QED) is 0.629. The molecule has 0 aliphatic carbocycles. The first-order chi connectivity index (χ1) is 6.75. The lowest BCUT2D eigenvalue weighted by atomic mass is 10.2. The topological polar surface area (TPSA) is 71.8 Å². The fraction of sp³-hybridized carbons (Fsp3) is 0.625. The van der Waals surface area contributed by atoms with Crippen LogP contribution in [0.4, 0.5) is 0 Å². The number of hydrogen-bond donors (Lipinski definition) is 2. The van der Waals surface area contributed by atoms with Crippen LogP contribution in [0.3, 0.4) is 0 Å². The summed E-state index contributed by atoms with van der Waals surface area (Å²) >= 11 is 0. The van der Waals surface area contributed by atoms with Gasteiger partial charge in [-0.1, -0.05) is 0 Å². The van der Waals surface area contributed by atoms with Crippen molar-refractivity contribution in [3.05, 3.63) is 11.9 Å². The summed E-state index contributed by atoms with van der Waals surface area (Å²) < 4.78 is 0. The Balaban J connectivity index is 1.95. The molecule has 1 atom stereocenters. The fourth-order valence-electron chi connectivity index (χ4n) is 1.49. The van der Waals surface area contributed by atoms with Gasteiger partial charge in [0.1, 0.15) is 0 Å². The van der Waals surface area contributed by atoms with Crippen LogP contribution < -0.4 is 10.6 Å². The molecule has 2 rings (SSSR count). The molecule has 6 nitrogen and oxygen atoms in total. The Morgan fingerprint density at radius 3 is 3.21 bits per heavy atom. The first-order valence-corrected chi connectivity index (χ1v) is 4.63. The molecule has 1 aliphatic rings. The summed E-state index contributed by atoms with van der Waals surface area (Å²) in [7, 11) is 1.69. The highest BCUT2D eigenvalue weighted by atomic mass is 16.2. The molecule has 0 saturated carbocycles. The fourth-order valence-corrected chi connectivity index (χ4v) is 1.49. The van der Waals surface area contributed by atoms with Crippen molar-refractivity contribution in [2.24, 2.45) is 7.05 Å². The van der Waals surface area contributed by atoms with E-state index in [1.807, 2.05) is 0 Å². The molecule has 0 unspecified atom stereocenters. The lowest BCUT2D eigenvalue weighted by molar-refractivity contribution is 0.0934. The van der Waals surface area contributed by atoms with Crippen molar-refractivity contribution in [3.8, 4) is 0 Å². The SMILES string of the molecule is Cn1ncc(C(=O)N[C@@H]2CCNC2)n1. The van der Waals surface area contributed by atoms with E-state index >= 15 is 0 Å². The molecule has 0 spiro atoms. The van der Waals surface area contributed by atoms with Gasteiger partial charge >= 0.3 is 0 Å². The first-order valence-electron chi connectivity index (χ1n) is 4.63. The third-order valence-electron chi connectivity index (χ3n) is 2.23. The van der Waals surface area contributed by atoms with Crippen LogP contribution in [-0.4, -0.2) is 40.0 Å².